The minimum atomic E-state index is -0.277. The lowest BCUT2D eigenvalue weighted by Crippen LogP contribution is -2.12. The summed E-state index contributed by atoms with van der Waals surface area (Å²) in [7, 11) is 3.07. The van der Waals surface area contributed by atoms with Gasteiger partial charge in [0.15, 0.2) is 0 Å². The number of amides is 1. The Bertz CT molecular complexity index is 590. The normalized spacial score (nSPS) is 10.2. The molecule has 0 saturated heterocycles. The van der Waals surface area contributed by atoms with Crippen molar-refractivity contribution in [3.05, 3.63) is 28.8 Å². The van der Waals surface area contributed by atoms with Gasteiger partial charge in [-0.05, 0) is 18.6 Å². The third-order valence-electron chi connectivity index (χ3n) is 2.60. The summed E-state index contributed by atoms with van der Waals surface area (Å²) in [5, 5.41) is 11.9. The molecule has 1 N–H and O–H groups in total. The molecule has 0 aliphatic carbocycles. The van der Waals surface area contributed by atoms with E-state index in [0.29, 0.717) is 22.2 Å². The average molecular weight is 293 g/mol. The van der Waals surface area contributed by atoms with Gasteiger partial charge in [0.05, 0.1) is 14.2 Å². The van der Waals surface area contributed by atoms with Crippen LogP contribution >= 0.6 is 11.3 Å². The molecule has 0 radical (unpaired) electrons. The Labute approximate surface area is 120 Å². The van der Waals surface area contributed by atoms with Crippen LogP contribution in [0.1, 0.15) is 22.3 Å². The number of rotatable bonds is 5. The Morgan fingerprint density at radius 3 is 2.35 bits per heavy atom. The van der Waals surface area contributed by atoms with Crippen molar-refractivity contribution < 1.29 is 14.3 Å². The van der Waals surface area contributed by atoms with Crippen LogP contribution in [0.3, 0.4) is 0 Å². The third-order valence-corrected chi connectivity index (χ3v) is 3.59. The fourth-order valence-corrected chi connectivity index (χ4v) is 2.23. The highest BCUT2D eigenvalue weighted by atomic mass is 32.1. The molecular formula is C13H15N3O3S. The van der Waals surface area contributed by atoms with Crippen LogP contribution in [0.15, 0.2) is 18.2 Å². The number of nitrogens with zero attached hydrogens (tertiary/aromatic N) is 2. The van der Waals surface area contributed by atoms with Crippen molar-refractivity contribution in [1.29, 1.82) is 0 Å². The van der Waals surface area contributed by atoms with Crippen LogP contribution in [0.25, 0.3) is 0 Å². The Morgan fingerprint density at radius 2 is 1.85 bits per heavy atom. The van der Waals surface area contributed by atoms with Crippen LogP contribution < -0.4 is 14.8 Å². The van der Waals surface area contributed by atoms with Crippen molar-refractivity contribution in [2.75, 3.05) is 19.5 Å². The van der Waals surface area contributed by atoms with Gasteiger partial charge in [-0.3, -0.25) is 10.1 Å². The van der Waals surface area contributed by atoms with E-state index in [4.69, 9.17) is 9.47 Å². The third kappa shape index (κ3) is 3.24. The van der Waals surface area contributed by atoms with E-state index in [1.165, 1.54) is 25.6 Å². The zero-order chi connectivity index (χ0) is 14.5. The van der Waals surface area contributed by atoms with Gasteiger partial charge in [-0.25, -0.2) is 0 Å². The molecule has 20 heavy (non-hydrogen) atoms. The smallest absolute Gasteiger partial charge is 0.257 e. The molecule has 0 spiro atoms. The summed E-state index contributed by atoms with van der Waals surface area (Å²) < 4.78 is 10.3. The van der Waals surface area contributed by atoms with E-state index in [9.17, 15) is 4.79 Å². The van der Waals surface area contributed by atoms with Gasteiger partial charge in [0.1, 0.15) is 16.5 Å². The molecule has 1 aromatic heterocycles. The Balaban J connectivity index is 2.19. The van der Waals surface area contributed by atoms with E-state index in [0.717, 1.165) is 11.4 Å². The zero-order valence-electron chi connectivity index (χ0n) is 11.5. The number of carbonyl (C=O) groups is 1. The first-order valence-electron chi connectivity index (χ1n) is 6.03. The molecule has 6 nitrogen and oxygen atoms in total. The average Bonchev–Trinajstić information content (AvgIpc) is 2.94. The summed E-state index contributed by atoms with van der Waals surface area (Å²) in [6, 6.07) is 4.98. The molecule has 106 valence electrons. The topological polar surface area (TPSA) is 73.3 Å². The maximum absolute atomic E-state index is 12.2. The molecule has 1 heterocycles. The van der Waals surface area contributed by atoms with E-state index < -0.39 is 0 Å². The van der Waals surface area contributed by atoms with Crippen molar-refractivity contribution in [2.45, 2.75) is 13.3 Å². The van der Waals surface area contributed by atoms with Crippen LogP contribution in [0.5, 0.6) is 11.5 Å². The first kappa shape index (κ1) is 14.3. The predicted octanol–water partition coefficient (Wildman–Crippen LogP) is 2.37. The zero-order valence-corrected chi connectivity index (χ0v) is 12.3. The maximum Gasteiger partial charge on any atom is 0.257 e. The second kappa shape index (κ2) is 6.33. The van der Waals surface area contributed by atoms with E-state index in [1.807, 2.05) is 6.92 Å². The summed E-state index contributed by atoms with van der Waals surface area (Å²) >= 11 is 1.36. The molecule has 0 unspecified atom stereocenters. The minimum absolute atomic E-state index is 0.277. The first-order chi connectivity index (χ1) is 9.66. The predicted molar refractivity (Wildman–Crippen MR) is 76.8 cm³/mol. The van der Waals surface area contributed by atoms with Crippen LogP contribution in [-0.4, -0.2) is 30.3 Å². The van der Waals surface area contributed by atoms with Gasteiger partial charge in [-0.15, -0.1) is 10.2 Å². The lowest BCUT2D eigenvalue weighted by molar-refractivity contribution is 0.102. The number of methoxy groups -OCH3 is 2. The van der Waals surface area contributed by atoms with Gasteiger partial charge in [-0.2, -0.15) is 0 Å². The number of carbonyl (C=O) groups excluding carboxylic acids is 1. The standard InChI is InChI=1S/C13H15N3O3S/c1-4-11-15-16-13(20-11)14-12(17)8-5-9(18-2)7-10(6-8)19-3/h5-7H,4H2,1-3H3,(H,14,16,17). The second-order valence-electron chi connectivity index (χ2n) is 3.91. The Hall–Kier alpha value is -2.15. The van der Waals surface area contributed by atoms with Gasteiger partial charge in [-0.1, -0.05) is 18.3 Å². The molecule has 7 heteroatoms. The molecule has 1 aromatic carbocycles. The molecule has 0 aliphatic rings. The highest BCUT2D eigenvalue weighted by molar-refractivity contribution is 7.15. The number of aromatic nitrogens is 2. The SMILES string of the molecule is CCc1nnc(NC(=O)c2cc(OC)cc(OC)c2)s1. The molecule has 0 fully saturated rings. The second-order valence-corrected chi connectivity index (χ2v) is 4.97. The highest BCUT2D eigenvalue weighted by Crippen LogP contribution is 2.23. The first-order valence-corrected chi connectivity index (χ1v) is 6.84. The summed E-state index contributed by atoms with van der Waals surface area (Å²) in [5.41, 5.74) is 0.439. The molecular weight excluding hydrogens is 278 g/mol. The fraction of sp³-hybridized carbons (Fsp3) is 0.308. The minimum Gasteiger partial charge on any atom is -0.497 e. The number of anilines is 1. The number of nitrogens with one attached hydrogen (secondary N) is 1. The summed E-state index contributed by atoms with van der Waals surface area (Å²) in [6.45, 7) is 1.99. The van der Waals surface area contributed by atoms with Crippen molar-refractivity contribution in [3.63, 3.8) is 0 Å². The molecule has 2 aromatic rings. The van der Waals surface area contributed by atoms with Gasteiger partial charge in [0.2, 0.25) is 5.13 Å². The number of ether oxygens (including phenoxy) is 2. The van der Waals surface area contributed by atoms with E-state index in [2.05, 4.69) is 15.5 Å². The quantitative estimate of drug-likeness (QED) is 0.916. The molecule has 0 bridgehead atoms. The van der Waals surface area contributed by atoms with E-state index in [-0.39, 0.29) is 5.91 Å². The van der Waals surface area contributed by atoms with Gasteiger partial charge in [0.25, 0.3) is 5.91 Å². The van der Waals surface area contributed by atoms with Gasteiger partial charge >= 0.3 is 0 Å². The lowest BCUT2D eigenvalue weighted by atomic mass is 10.2. The highest BCUT2D eigenvalue weighted by Gasteiger charge is 2.12. The number of hydrogen-bond acceptors (Lipinski definition) is 6. The largest absolute Gasteiger partial charge is 0.497 e. The molecule has 0 aliphatic heterocycles. The lowest BCUT2D eigenvalue weighted by Gasteiger charge is -2.07. The number of aryl methyl sites for hydroxylation is 1. The van der Waals surface area contributed by atoms with Gasteiger partial charge < -0.3 is 9.47 Å². The van der Waals surface area contributed by atoms with Gasteiger partial charge in [0, 0.05) is 11.6 Å². The van der Waals surface area contributed by atoms with E-state index in [1.54, 1.807) is 18.2 Å². The van der Waals surface area contributed by atoms with Crippen molar-refractivity contribution >= 4 is 22.4 Å². The maximum atomic E-state index is 12.2. The monoisotopic (exact) mass is 293 g/mol. The molecule has 1 amide bonds. The summed E-state index contributed by atoms with van der Waals surface area (Å²) in [5.74, 6) is 0.836. The molecule has 0 saturated carbocycles. The van der Waals surface area contributed by atoms with Crippen LogP contribution in [0.2, 0.25) is 0 Å². The summed E-state index contributed by atoms with van der Waals surface area (Å²) in [4.78, 5) is 12.2. The number of hydrogen-bond donors (Lipinski definition) is 1. The molecule has 2 rings (SSSR count). The van der Waals surface area contributed by atoms with Crippen LogP contribution in [-0.2, 0) is 6.42 Å². The summed E-state index contributed by atoms with van der Waals surface area (Å²) in [6.07, 6.45) is 0.792. The number of benzene rings is 1. The van der Waals surface area contributed by atoms with E-state index >= 15 is 0 Å². The van der Waals surface area contributed by atoms with Crippen molar-refractivity contribution in [1.82, 2.24) is 10.2 Å². The fourth-order valence-electron chi connectivity index (χ4n) is 1.55. The molecule has 0 atom stereocenters. The van der Waals surface area contributed by atoms with Crippen molar-refractivity contribution in [2.24, 2.45) is 0 Å². The van der Waals surface area contributed by atoms with Crippen LogP contribution in [0, 0.1) is 0 Å². The Kier molecular flexibility index (Phi) is 4.52. The van der Waals surface area contributed by atoms with Crippen molar-refractivity contribution in [3.8, 4) is 11.5 Å². The van der Waals surface area contributed by atoms with Crippen LogP contribution in [0.4, 0.5) is 5.13 Å². The Morgan fingerprint density at radius 1 is 1.20 bits per heavy atom.